The van der Waals surface area contributed by atoms with Crippen molar-refractivity contribution in [2.75, 3.05) is 0 Å². The minimum absolute atomic E-state index is 0.854. The summed E-state index contributed by atoms with van der Waals surface area (Å²) in [7, 11) is 1.85. The summed E-state index contributed by atoms with van der Waals surface area (Å²) in [6.45, 7) is 0.854. The zero-order valence-electron chi connectivity index (χ0n) is 5.54. The highest BCUT2D eigenvalue weighted by Crippen LogP contribution is 1.96. The monoisotopic (exact) mass is 130 g/mol. The third-order valence-electron chi connectivity index (χ3n) is 1.62. The minimum Gasteiger partial charge on any atom is -0.495 e. The summed E-state index contributed by atoms with van der Waals surface area (Å²) in [6, 6.07) is 8.24. The van der Waals surface area contributed by atoms with Gasteiger partial charge in [-0.05, 0) is 0 Å². The van der Waals surface area contributed by atoms with Crippen molar-refractivity contribution in [1.29, 1.82) is 0 Å². The number of fused-ring (bicyclic) bond motifs is 1. The molecular formula is C7H7BN2-. The van der Waals surface area contributed by atoms with Crippen molar-refractivity contribution in [3.05, 3.63) is 29.8 Å². The summed E-state index contributed by atoms with van der Waals surface area (Å²) >= 11 is 0. The molecule has 0 saturated carbocycles. The van der Waals surface area contributed by atoms with Gasteiger partial charge in [0.15, 0.2) is 0 Å². The first-order chi connectivity index (χ1) is 4.97. The van der Waals surface area contributed by atoms with Gasteiger partial charge in [-0.25, -0.2) is 5.46 Å². The molecule has 0 amide bonds. The fraction of sp³-hybridized carbons (Fsp3) is 0.143. The minimum atomic E-state index is 0.854. The van der Waals surface area contributed by atoms with Gasteiger partial charge in [-0.15, -0.1) is 7.07 Å². The molecule has 0 aliphatic carbocycles. The van der Waals surface area contributed by atoms with Crippen LogP contribution in [-0.4, -0.2) is 7.07 Å². The van der Waals surface area contributed by atoms with Crippen LogP contribution in [0.4, 0.5) is 0 Å². The first kappa shape index (κ1) is 5.65. The van der Waals surface area contributed by atoms with Crippen molar-refractivity contribution in [2.24, 2.45) is 5.00 Å². The highest BCUT2D eigenvalue weighted by atomic mass is 15.3. The molecule has 2 nitrogen and oxygen atoms in total. The molecular weight excluding hydrogens is 123 g/mol. The maximum Gasteiger partial charge on any atom is 0.0501 e. The van der Waals surface area contributed by atoms with Gasteiger partial charge in [-0.3, -0.25) is 0 Å². The molecule has 0 saturated heterocycles. The van der Waals surface area contributed by atoms with Crippen LogP contribution in [0.3, 0.4) is 0 Å². The Balaban J connectivity index is 2.54. The normalized spacial score (nSPS) is 14.0. The van der Waals surface area contributed by atoms with E-state index in [1.165, 1.54) is 11.0 Å². The number of benzene rings is 1. The average molecular weight is 130 g/mol. The van der Waals surface area contributed by atoms with Crippen LogP contribution in [0.2, 0.25) is 0 Å². The molecule has 49 valence electrons. The second kappa shape index (κ2) is 2.25. The Hall–Kier alpha value is -1.12. The Morgan fingerprint density at radius 2 is 2.30 bits per heavy atom. The zero-order chi connectivity index (χ0) is 6.81. The van der Waals surface area contributed by atoms with Crippen molar-refractivity contribution in [3.8, 4) is 0 Å². The van der Waals surface area contributed by atoms with Gasteiger partial charge >= 0.3 is 0 Å². The van der Waals surface area contributed by atoms with Crippen LogP contribution < -0.4 is 10.9 Å². The molecule has 0 fully saturated rings. The second-order valence-electron chi connectivity index (χ2n) is 2.29. The van der Waals surface area contributed by atoms with Gasteiger partial charge in [-0.1, -0.05) is 29.8 Å². The topological polar surface area (TPSA) is 24.4 Å². The highest BCUT2D eigenvalue weighted by Gasteiger charge is 1.91. The SMILES string of the molecule is [B-]1=NNCc2ccccc21. The van der Waals surface area contributed by atoms with Gasteiger partial charge in [0.25, 0.3) is 0 Å². The van der Waals surface area contributed by atoms with Crippen LogP contribution in [0.25, 0.3) is 0 Å². The number of hydrogen-bond donors (Lipinski definition) is 1. The molecule has 3 heteroatoms. The largest absolute Gasteiger partial charge is 0.495 e. The number of rotatable bonds is 0. The summed E-state index contributed by atoms with van der Waals surface area (Å²) in [5, 5.41) is 3.94. The third kappa shape index (κ3) is 0.836. The average Bonchev–Trinajstić information content (AvgIpc) is 2.05. The molecule has 1 N–H and O–H groups in total. The quantitative estimate of drug-likeness (QED) is 0.499. The number of hydrogen-bond acceptors (Lipinski definition) is 2. The summed E-state index contributed by atoms with van der Waals surface area (Å²) in [5.74, 6) is 0. The van der Waals surface area contributed by atoms with Gasteiger partial charge in [0.2, 0.25) is 0 Å². The molecule has 1 radical (unpaired) electrons. The van der Waals surface area contributed by atoms with Crippen LogP contribution in [0, 0.1) is 0 Å². The van der Waals surface area contributed by atoms with E-state index in [1.54, 1.807) is 0 Å². The molecule has 0 unspecified atom stereocenters. The van der Waals surface area contributed by atoms with E-state index < -0.39 is 0 Å². The van der Waals surface area contributed by atoms with Crippen molar-refractivity contribution in [2.45, 2.75) is 6.54 Å². The molecule has 1 aliphatic rings. The zero-order valence-corrected chi connectivity index (χ0v) is 5.54. The predicted octanol–water partition coefficient (Wildman–Crippen LogP) is 0.218. The molecule has 0 spiro atoms. The number of nitrogens with one attached hydrogen (secondary N) is 1. The lowest BCUT2D eigenvalue weighted by atomic mass is 9.85. The first-order valence-corrected chi connectivity index (χ1v) is 3.30. The van der Waals surface area contributed by atoms with E-state index in [1.807, 2.05) is 19.2 Å². The third-order valence-corrected chi connectivity index (χ3v) is 1.62. The van der Waals surface area contributed by atoms with E-state index in [0.717, 1.165) is 6.54 Å². The lowest BCUT2D eigenvalue weighted by Gasteiger charge is -2.20. The van der Waals surface area contributed by atoms with Crippen molar-refractivity contribution >= 4 is 12.5 Å². The van der Waals surface area contributed by atoms with Crippen LogP contribution in [0.15, 0.2) is 29.3 Å². The van der Waals surface area contributed by atoms with E-state index >= 15 is 0 Å². The Bertz CT molecular complexity index is 270. The molecule has 10 heavy (non-hydrogen) atoms. The maximum atomic E-state index is 3.94. The van der Waals surface area contributed by atoms with Crippen molar-refractivity contribution in [1.82, 2.24) is 5.43 Å². The van der Waals surface area contributed by atoms with E-state index in [2.05, 4.69) is 22.6 Å². The summed E-state index contributed by atoms with van der Waals surface area (Å²) < 4.78 is 0. The van der Waals surface area contributed by atoms with E-state index in [-0.39, 0.29) is 0 Å². The molecule has 1 heterocycles. The van der Waals surface area contributed by atoms with Crippen LogP contribution in [0.5, 0.6) is 0 Å². The Morgan fingerprint density at radius 3 is 3.20 bits per heavy atom. The summed E-state index contributed by atoms with van der Waals surface area (Å²) in [4.78, 5) is 0. The fourth-order valence-electron chi connectivity index (χ4n) is 1.07. The Kier molecular flexibility index (Phi) is 1.27. The molecule has 1 aromatic rings. The fourth-order valence-corrected chi connectivity index (χ4v) is 1.07. The summed E-state index contributed by atoms with van der Waals surface area (Å²) in [6.07, 6.45) is 0. The molecule has 0 aromatic heterocycles. The van der Waals surface area contributed by atoms with Gasteiger partial charge in [0, 0.05) is 0 Å². The lowest BCUT2D eigenvalue weighted by Crippen LogP contribution is -2.24. The van der Waals surface area contributed by atoms with Crippen LogP contribution in [0.1, 0.15) is 5.56 Å². The van der Waals surface area contributed by atoms with Gasteiger partial charge in [0.05, 0.1) is 6.54 Å². The van der Waals surface area contributed by atoms with Gasteiger partial charge < -0.3 is 10.4 Å². The molecule has 2 rings (SSSR count). The molecule has 0 bridgehead atoms. The van der Waals surface area contributed by atoms with E-state index in [9.17, 15) is 0 Å². The standard InChI is InChI=1S/C7H7BN2/c1-2-4-7-6(3-1)5-9-10-8-7/h1-4,9H,5H2/q-1. The molecule has 0 atom stereocenters. The van der Waals surface area contributed by atoms with Crippen molar-refractivity contribution in [3.63, 3.8) is 0 Å². The smallest absolute Gasteiger partial charge is 0.0501 e. The molecule has 1 aliphatic heterocycles. The molecule has 1 aromatic carbocycles. The van der Waals surface area contributed by atoms with E-state index in [4.69, 9.17) is 0 Å². The van der Waals surface area contributed by atoms with Gasteiger partial charge in [0.1, 0.15) is 0 Å². The van der Waals surface area contributed by atoms with Gasteiger partial charge in [-0.2, -0.15) is 0 Å². The highest BCUT2D eigenvalue weighted by molar-refractivity contribution is 6.43. The van der Waals surface area contributed by atoms with Crippen LogP contribution in [-0.2, 0) is 6.54 Å². The van der Waals surface area contributed by atoms with Crippen LogP contribution >= 0.6 is 0 Å². The Labute approximate surface area is 60.2 Å². The Morgan fingerprint density at radius 1 is 1.40 bits per heavy atom. The first-order valence-electron chi connectivity index (χ1n) is 3.30. The maximum absolute atomic E-state index is 3.94. The number of nitrogens with zero attached hydrogens (tertiary/aromatic N) is 1. The predicted molar refractivity (Wildman–Crippen MR) is 41.1 cm³/mol. The van der Waals surface area contributed by atoms with Crippen molar-refractivity contribution < 1.29 is 0 Å². The summed E-state index contributed by atoms with van der Waals surface area (Å²) in [5.41, 5.74) is 5.45. The van der Waals surface area contributed by atoms with E-state index in [0.29, 0.717) is 0 Å². The lowest BCUT2D eigenvalue weighted by molar-refractivity contribution is 0.747. The second-order valence-corrected chi connectivity index (χ2v) is 2.29.